The van der Waals surface area contributed by atoms with Crippen LogP contribution in [0.4, 0.5) is 5.82 Å². The van der Waals surface area contributed by atoms with Crippen molar-refractivity contribution in [3.63, 3.8) is 0 Å². The van der Waals surface area contributed by atoms with Crippen LogP contribution in [0.1, 0.15) is 42.1 Å². The van der Waals surface area contributed by atoms with E-state index >= 15 is 0 Å². The van der Waals surface area contributed by atoms with Gasteiger partial charge >= 0.3 is 5.97 Å². The van der Waals surface area contributed by atoms with Crippen molar-refractivity contribution in [2.75, 3.05) is 18.6 Å². The summed E-state index contributed by atoms with van der Waals surface area (Å²) in [6, 6.07) is 15.9. The second-order valence-corrected chi connectivity index (χ2v) is 8.34. The third-order valence-corrected chi connectivity index (χ3v) is 5.91. The molecule has 0 atom stereocenters. The smallest absolute Gasteiger partial charge is 0.358 e. The number of esters is 1. The Morgan fingerprint density at radius 1 is 1.11 bits per heavy atom. The van der Waals surface area contributed by atoms with E-state index in [1.54, 1.807) is 14.0 Å². The Balaban J connectivity index is 1.72. The molecule has 0 saturated heterocycles. The Hall–Kier alpha value is -4.60. The number of hydrogen-bond donors (Lipinski definition) is 1. The van der Waals surface area contributed by atoms with Gasteiger partial charge in [0.25, 0.3) is 5.91 Å². The van der Waals surface area contributed by atoms with Crippen LogP contribution < -0.4 is 4.90 Å². The summed E-state index contributed by atoms with van der Waals surface area (Å²) in [4.78, 5) is 31.4. The van der Waals surface area contributed by atoms with Crippen LogP contribution in [0.15, 0.2) is 61.2 Å². The maximum absolute atomic E-state index is 13.0. The highest BCUT2D eigenvalue weighted by atomic mass is 16.5. The number of nitrogens with one attached hydrogen (secondary N) is 1. The molecule has 2 aromatic carbocycles. The fourth-order valence-electron chi connectivity index (χ4n) is 4.12. The van der Waals surface area contributed by atoms with E-state index in [0.717, 1.165) is 28.7 Å². The first-order valence-electron chi connectivity index (χ1n) is 12.1. The Labute approximate surface area is 215 Å². The van der Waals surface area contributed by atoms with Crippen molar-refractivity contribution in [3.05, 3.63) is 78.3 Å². The van der Waals surface area contributed by atoms with Gasteiger partial charge in [-0.15, -0.1) is 10.2 Å². The van der Waals surface area contributed by atoms with E-state index in [1.165, 1.54) is 11.0 Å². The normalized spacial score (nSPS) is 10.8. The van der Waals surface area contributed by atoms with Crippen LogP contribution in [-0.4, -0.2) is 55.7 Å². The number of hydrogen-bond acceptors (Lipinski definition) is 7. The van der Waals surface area contributed by atoms with Crippen LogP contribution in [0.5, 0.6) is 0 Å². The summed E-state index contributed by atoms with van der Waals surface area (Å²) in [5.74, 6) is 0.602. The molecule has 0 bridgehead atoms. The van der Waals surface area contributed by atoms with Crippen LogP contribution in [-0.2, 0) is 22.5 Å². The van der Waals surface area contributed by atoms with Gasteiger partial charge in [0.1, 0.15) is 5.82 Å². The predicted molar refractivity (Wildman–Crippen MR) is 140 cm³/mol. The first kappa shape index (κ1) is 25.5. The maximum Gasteiger partial charge on any atom is 0.358 e. The van der Waals surface area contributed by atoms with Gasteiger partial charge in [-0.05, 0) is 41.3 Å². The molecule has 190 valence electrons. The van der Waals surface area contributed by atoms with Crippen LogP contribution in [0.2, 0.25) is 0 Å². The highest BCUT2D eigenvalue weighted by molar-refractivity contribution is 6.04. The molecule has 37 heavy (non-hydrogen) atoms. The highest BCUT2D eigenvalue weighted by Gasteiger charge is 2.28. The first-order chi connectivity index (χ1) is 18.0. The molecule has 1 amide bonds. The number of amides is 1. The number of anilines is 1. The van der Waals surface area contributed by atoms with Gasteiger partial charge < -0.3 is 9.30 Å². The molecule has 0 saturated carbocycles. The summed E-state index contributed by atoms with van der Waals surface area (Å²) in [5, 5.41) is 14.4. The van der Waals surface area contributed by atoms with Gasteiger partial charge in [-0.1, -0.05) is 62.0 Å². The van der Waals surface area contributed by atoms with E-state index < -0.39 is 5.97 Å². The Morgan fingerprint density at radius 2 is 1.84 bits per heavy atom. The number of benzene rings is 2. The Kier molecular flexibility index (Phi) is 7.87. The lowest BCUT2D eigenvalue weighted by atomic mass is 9.98. The number of likely N-dealkylation sites (N-methyl/N-ethyl adjacent to an activating group) is 1. The monoisotopic (exact) mass is 499 g/mol. The number of nitrogens with zero attached hydrogens (tertiary/aromatic N) is 6. The van der Waals surface area contributed by atoms with E-state index in [0.29, 0.717) is 24.6 Å². The van der Waals surface area contributed by atoms with Gasteiger partial charge in [-0.3, -0.25) is 9.69 Å². The van der Waals surface area contributed by atoms with E-state index in [-0.39, 0.29) is 24.0 Å². The van der Waals surface area contributed by atoms with Gasteiger partial charge in [-0.25, -0.2) is 9.78 Å². The summed E-state index contributed by atoms with van der Waals surface area (Å²) < 4.78 is 7.18. The fourth-order valence-corrected chi connectivity index (χ4v) is 4.12. The molecule has 4 rings (SSSR count). The molecule has 0 fully saturated rings. The van der Waals surface area contributed by atoms with E-state index in [1.807, 2.05) is 60.0 Å². The minimum Gasteiger partial charge on any atom is -0.461 e. The molecule has 0 aliphatic rings. The average Bonchev–Trinajstić information content (AvgIpc) is 3.58. The maximum atomic E-state index is 13.0. The number of tetrazole rings is 1. The predicted octanol–water partition coefficient (Wildman–Crippen LogP) is 4.06. The molecule has 10 heteroatoms. The number of ether oxygens (including phenoxy) is 1. The van der Waals surface area contributed by atoms with Gasteiger partial charge in [0, 0.05) is 25.6 Å². The molecule has 2 heterocycles. The van der Waals surface area contributed by atoms with Gasteiger partial charge in [0.15, 0.2) is 11.5 Å². The molecule has 2 aromatic heterocycles. The number of aromatic amines is 1. The Bertz CT molecular complexity index is 1390. The van der Waals surface area contributed by atoms with E-state index in [2.05, 4.69) is 32.2 Å². The summed E-state index contributed by atoms with van der Waals surface area (Å²) >= 11 is 0. The second-order valence-electron chi connectivity index (χ2n) is 8.34. The molecule has 1 N–H and O–H groups in total. The van der Waals surface area contributed by atoms with Gasteiger partial charge in [0.05, 0.1) is 6.61 Å². The topological polar surface area (TPSA) is 119 Å². The average molecular weight is 500 g/mol. The number of imidazole rings is 1. The molecule has 0 unspecified atom stereocenters. The van der Waals surface area contributed by atoms with Crippen molar-refractivity contribution in [1.82, 2.24) is 30.2 Å². The summed E-state index contributed by atoms with van der Waals surface area (Å²) in [6.07, 6.45) is 2.65. The van der Waals surface area contributed by atoms with Crippen LogP contribution in [0.25, 0.3) is 22.5 Å². The van der Waals surface area contributed by atoms with E-state index in [4.69, 9.17) is 4.74 Å². The largest absolute Gasteiger partial charge is 0.461 e. The number of aromatic nitrogens is 6. The number of rotatable bonds is 10. The minimum atomic E-state index is -0.526. The fraction of sp³-hybridized carbons (Fsp3) is 0.259. The minimum absolute atomic E-state index is 0.208. The summed E-state index contributed by atoms with van der Waals surface area (Å²) in [5.41, 5.74) is 4.04. The number of H-pyrrole nitrogens is 1. The number of aryl methyl sites for hydroxylation is 1. The molecule has 4 aromatic rings. The summed E-state index contributed by atoms with van der Waals surface area (Å²) in [7, 11) is 1.57. The lowest BCUT2D eigenvalue weighted by Gasteiger charge is -2.16. The lowest BCUT2D eigenvalue weighted by molar-refractivity contribution is -0.113. The molecule has 0 aliphatic carbocycles. The molecular formula is C27H29N7O3. The quantitative estimate of drug-likeness (QED) is 0.258. The zero-order valence-corrected chi connectivity index (χ0v) is 21.1. The zero-order chi connectivity index (χ0) is 26.4. The van der Waals surface area contributed by atoms with Crippen LogP contribution >= 0.6 is 0 Å². The van der Waals surface area contributed by atoms with E-state index in [9.17, 15) is 9.59 Å². The molecule has 0 aliphatic heterocycles. The van der Waals surface area contributed by atoms with Crippen LogP contribution in [0, 0.1) is 0 Å². The molecule has 0 spiro atoms. The molecular weight excluding hydrogens is 470 g/mol. The van der Waals surface area contributed by atoms with Crippen molar-refractivity contribution in [3.8, 4) is 22.5 Å². The van der Waals surface area contributed by atoms with Crippen molar-refractivity contribution >= 4 is 17.7 Å². The van der Waals surface area contributed by atoms with Gasteiger partial charge in [0.2, 0.25) is 5.82 Å². The second kappa shape index (κ2) is 11.4. The summed E-state index contributed by atoms with van der Waals surface area (Å²) in [6.45, 7) is 7.93. The number of carbonyl (C=O) groups excluding carboxylic acids is 2. The third-order valence-electron chi connectivity index (χ3n) is 5.91. The number of carbonyl (C=O) groups is 2. The zero-order valence-electron chi connectivity index (χ0n) is 21.1. The standard InChI is InChI=1S/C27H29N7O3/c1-5-10-22-28-26(33(4)23(35)6-2)24(27(36)37-7-3)34(22)17-18-13-15-19(16-14-18)20-11-8-9-12-21(20)25-29-31-32-30-25/h6,8-9,11-16H,2,5,7,10,17H2,1,3-4H3,(H,29,30,31,32). The lowest BCUT2D eigenvalue weighted by Crippen LogP contribution is -2.27. The van der Waals surface area contributed by atoms with Crippen molar-refractivity contribution in [2.24, 2.45) is 0 Å². The van der Waals surface area contributed by atoms with Crippen molar-refractivity contribution in [1.29, 1.82) is 0 Å². The SMILES string of the molecule is C=CC(=O)N(C)c1nc(CCC)n(Cc2ccc(-c3ccccc3-c3nn[nH]n3)cc2)c1C(=O)OCC. The molecule has 10 nitrogen and oxygen atoms in total. The van der Waals surface area contributed by atoms with Crippen LogP contribution in [0.3, 0.4) is 0 Å². The Morgan fingerprint density at radius 3 is 2.46 bits per heavy atom. The van der Waals surface area contributed by atoms with Gasteiger partial charge in [-0.2, -0.15) is 5.21 Å². The highest BCUT2D eigenvalue weighted by Crippen LogP contribution is 2.30. The molecule has 0 radical (unpaired) electrons. The third kappa shape index (κ3) is 5.32. The van der Waals surface area contributed by atoms with Crippen molar-refractivity contribution < 1.29 is 14.3 Å². The first-order valence-corrected chi connectivity index (χ1v) is 12.1. The van der Waals surface area contributed by atoms with Crippen molar-refractivity contribution in [2.45, 2.75) is 33.2 Å².